The highest BCUT2D eigenvalue weighted by atomic mass is 35.5. The molecule has 9 heteroatoms. The predicted octanol–water partition coefficient (Wildman–Crippen LogP) is 5.43. The normalized spacial score (nSPS) is 14.2. The van der Waals surface area contributed by atoms with Crippen LogP contribution in [-0.4, -0.2) is 52.9 Å². The summed E-state index contributed by atoms with van der Waals surface area (Å²) in [6, 6.07) is 14.4. The van der Waals surface area contributed by atoms with Crippen molar-refractivity contribution in [2.45, 2.75) is 12.8 Å². The summed E-state index contributed by atoms with van der Waals surface area (Å²) in [4.78, 5) is 33.6. The molecule has 0 unspecified atom stereocenters. The molecule has 0 radical (unpaired) electrons. The minimum atomic E-state index is -0.189. The lowest BCUT2D eigenvalue weighted by Crippen LogP contribution is -2.39. The van der Waals surface area contributed by atoms with E-state index in [0.717, 1.165) is 22.7 Å². The van der Waals surface area contributed by atoms with Gasteiger partial charge >= 0.3 is 6.03 Å². The number of hydrogen-bond donors (Lipinski definition) is 1. The number of thiazole rings is 1. The van der Waals surface area contributed by atoms with Gasteiger partial charge in [0.05, 0.1) is 17.1 Å². The van der Waals surface area contributed by atoms with Crippen LogP contribution < -0.4 is 5.32 Å². The molecular formula is C23H22Cl2N4O2S. The average molecular weight is 489 g/mol. The summed E-state index contributed by atoms with van der Waals surface area (Å²) in [5, 5.41) is 6.78. The van der Waals surface area contributed by atoms with E-state index >= 15 is 0 Å². The van der Waals surface area contributed by atoms with Gasteiger partial charge in [0, 0.05) is 47.8 Å². The van der Waals surface area contributed by atoms with E-state index in [9.17, 15) is 9.59 Å². The highest BCUT2D eigenvalue weighted by molar-refractivity contribution is 7.13. The van der Waals surface area contributed by atoms with Gasteiger partial charge in [-0.3, -0.25) is 4.79 Å². The van der Waals surface area contributed by atoms with Crippen LogP contribution in [-0.2, 0) is 11.2 Å². The predicted molar refractivity (Wildman–Crippen MR) is 130 cm³/mol. The molecule has 1 aliphatic heterocycles. The number of carbonyl (C=O) groups excluding carboxylic acids is 2. The molecule has 1 aromatic heterocycles. The highest BCUT2D eigenvalue weighted by Gasteiger charge is 2.23. The molecule has 6 nitrogen and oxygen atoms in total. The third-order valence-corrected chi connectivity index (χ3v) is 6.69. The first-order chi connectivity index (χ1) is 15.5. The number of benzene rings is 2. The first-order valence-corrected chi connectivity index (χ1v) is 11.9. The third-order valence-electron chi connectivity index (χ3n) is 5.20. The molecule has 1 fully saturated rings. The average Bonchev–Trinajstić information content (AvgIpc) is 3.08. The lowest BCUT2D eigenvalue weighted by atomic mass is 10.2. The number of carbonyl (C=O) groups is 2. The Bertz CT molecular complexity index is 1120. The van der Waals surface area contributed by atoms with Crippen LogP contribution in [0.4, 0.5) is 10.5 Å². The van der Waals surface area contributed by atoms with Gasteiger partial charge in [0.1, 0.15) is 5.01 Å². The fourth-order valence-electron chi connectivity index (χ4n) is 3.55. The van der Waals surface area contributed by atoms with Gasteiger partial charge < -0.3 is 15.1 Å². The summed E-state index contributed by atoms with van der Waals surface area (Å²) in [7, 11) is 0. The molecule has 0 bridgehead atoms. The van der Waals surface area contributed by atoms with Gasteiger partial charge in [-0.25, -0.2) is 9.78 Å². The zero-order valence-electron chi connectivity index (χ0n) is 17.3. The van der Waals surface area contributed by atoms with Crippen LogP contribution in [0.1, 0.15) is 12.1 Å². The standard InChI is InChI=1S/C23H22Cl2N4O2S/c24-16-5-3-6-17(13-16)27-23(31)29-10-4-9-28(11-12-29)21(30)14-18-15-32-22(26-18)19-7-1-2-8-20(19)25/h1-3,5-8,13,15H,4,9-12,14H2,(H,27,31). The second-order valence-electron chi connectivity index (χ2n) is 7.46. The summed E-state index contributed by atoms with van der Waals surface area (Å²) in [6.45, 7) is 2.16. The van der Waals surface area contributed by atoms with Crippen molar-refractivity contribution in [2.24, 2.45) is 0 Å². The molecule has 1 saturated heterocycles. The van der Waals surface area contributed by atoms with Crippen molar-refractivity contribution in [3.05, 3.63) is 69.7 Å². The molecule has 0 atom stereocenters. The number of nitrogens with one attached hydrogen (secondary N) is 1. The summed E-state index contributed by atoms with van der Waals surface area (Å²) in [5.74, 6) is 0.0121. The number of halogens is 2. The molecule has 0 saturated carbocycles. The van der Waals surface area contributed by atoms with Crippen LogP contribution in [0.5, 0.6) is 0 Å². The van der Waals surface area contributed by atoms with Crippen LogP contribution in [0.3, 0.4) is 0 Å². The molecule has 4 rings (SSSR count). The molecular weight excluding hydrogens is 467 g/mol. The SMILES string of the molecule is O=C(Cc1csc(-c2ccccc2Cl)n1)N1CCCN(C(=O)Nc2cccc(Cl)c2)CC1. The Hall–Kier alpha value is -2.61. The minimum absolute atomic E-state index is 0.0121. The summed E-state index contributed by atoms with van der Waals surface area (Å²) < 4.78 is 0. The summed E-state index contributed by atoms with van der Waals surface area (Å²) in [5.41, 5.74) is 2.25. The van der Waals surface area contributed by atoms with E-state index < -0.39 is 0 Å². The Balaban J connectivity index is 1.33. The van der Waals surface area contributed by atoms with Gasteiger partial charge in [-0.2, -0.15) is 0 Å². The molecule has 2 aromatic carbocycles. The summed E-state index contributed by atoms with van der Waals surface area (Å²) >= 11 is 13.7. The lowest BCUT2D eigenvalue weighted by molar-refractivity contribution is -0.130. The van der Waals surface area contributed by atoms with E-state index in [2.05, 4.69) is 10.3 Å². The minimum Gasteiger partial charge on any atom is -0.341 e. The van der Waals surface area contributed by atoms with Crippen molar-refractivity contribution in [2.75, 3.05) is 31.5 Å². The molecule has 3 aromatic rings. The number of nitrogens with zero attached hydrogens (tertiary/aromatic N) is 3. The largest absolute Gasteiger partial charge is 0.341 e. The second-order valence-corrected chi connectivity index (χ2v) is 9.16. The first kappa shape index (κ1) is 22.6. The van der Waals surface area contributed by atoms with Gasteiger partial charge in [-0.05, 0) is 30.7 Å². The fourth-order valence-corrected chi connectivity index (χ4v) is 4.88. The van der Waals surface area contributed by atoms with Gasteiger partial charge in [0.25, 0.3) is 0 Å². The van der Waals surface area contributed by atoms with Crippen LogP contribution in [0.15, 0.2) is 53.9 Å². The van der Waals surface area contributed by atoms with E-state index in [1.54, 1.807) is 34.1 Å². The van der Waals surface area contributed by atoms with Crippen LogP contribution in [0.25, 0.3) is 10.6 Å². The number of anilines is 1. The molecule has 1 N–H and O–H groups in total. The Kier molecular flexibility index (Phi) is 7.29. The molecule has 166 valence electrons. The van der Waals surface area contributed by atoms with Gasteiger partial charge in [0.2, 0.25) is 5.91 Å². The van der Waals surface area contributed by atoms with Crippen molar-refractivity contribution in [3.8, 4) is 10.6 Å². The topological polar surface area (TPSA) is 65.5 Å². The van der Waals surface area contributed by atoms with E-state index in [0.29, 0.717) is 41.9 Å². The van der Waals surface area contributed by atoms with Crippen molar-refractivity contribution in [3.63, 3.8) is 0 Å². The van der Waals surface area contributed by atoms with E-state index in [4.69, 9.17) is 23.2 Å². The molecule has 0 spiro atoms. The lowest BCUT2D eigenvalue weighted by Gasteiger charge is -2.22. The van der Waals surface area contributed by atoms with Crippen molar-refractivity contribution in [1.82, 2.24) is 14.8 Å². The number of rotatable bonds is 4. The number of amides is 3. The maximum atomic E-state index is 12.9. The van der Waals surface area contributed by atoms with Gasteiger partial charge in [-0.15, -0.1) is 11.3 Å². The van der Waals surface area contributed by atoms with Crippen LogP contribution in [0.2, 0.25) is 10.0 Å². The monoisotopic (exact) mass is 488 g/mol. The Labute approximate surface area is 200 Å². The smallest absolute Gasteiger partial charge is 0.321 e. The summed E-state index contributed by atoms with van der Waals surface area (Å²) in [6.07, 6.45) is 0.951. The number of urea groups is 1. The van der Waals surface area contributed by atoms with Crippen molar-refractivity contribution in [1.29, 1.82) is 0 Å². The molecule has 1 aliphatic rings. The molecule has 32 heavy (non-hydrogen) atoms. The fraction of sp³-hybridized carbons (Fsp3) is 0.261. The van der Waals surface area contributed by atoms with Gasteiger partial charge in [0.15, 0.2) is 0 Å². The van der Waals surface area contributed by atoms with Gasteiger partial charge in [-0.1, -0.05) is 47.5 Å². The zero-order valence-corrected chi connectivity index (χ0v) is 19.6. The molecule has 0 aliphatic carbocycles. The number of hydrogen-bond acceptors (Lipinski definition) is 4. The molecule has 2 heterocycles. The first-order valence-electron chi connectivity index (χ1n) is 10.3. The van der Waals surface area contributed by atoms with E-state index in [1.165, 1.54) is 11.3 Å². The van der Waals surface area contributed by atoms with Crippen molar-refractivity contribution < 1.29 is 9.59 Å². The maximum Gasteiger partial charge on any atom is 0.321 e. The highest BCUT2D eigenvalue weighted by Crippen LogP contribution is 2.30. The third kappa shape index (κ3) is 5.59. The quantitative estimate of drug-likeness (QED) is 0.532. The van der Waals surface area contributed by atoms with E-state index in [-0.39, 0.29) is 18.4 Å². The van der Waals surface area contributed by atoms with Crippen molar-refractivity contribution >= 4 is 52.2 Å². The maximum absolute atomic E-state index is 12.9. The zero-order chi connectivity index (χ0) is 22.5. The van der Waals surface area contributed by atoms with Crippen LogP contribution >= 0.6 is 34.5 Å². The Morgan fingerprint density at radius 2 is 1.78 bits per heavy atom. The van der Waals surface area contributed by atoms with Crippen LogP contribution in [0, 0.1) is 0 Å². The Morgan fingerprint density at radius 3 is 2.59 bits per heavy atom. The second kappa shape index (κ2) is 10.3. The molecule has 3 amide bonds. The Morgan fingerprint density at radius 1 is 1.00 bits per heavy atom. The van der Waals surface area contributed by atoms with E-state index in [1.807, 2.05) is 29.6 Å². The number of aromatic nitrogens is 1.